The van der Waals surface area contributed by atoms with Crippen molar-refractivity contribution in [1.82, 2.24) is 0 Å². The lowest BCUT2D eigenvalue weighted by atomic mass is 10.3. The van der Waals surface area contributed by atoms with Crippen LogP contribution in [-0.2, 0) is 10.1 Å². The highest BCUT2D eigenvalue weighted by molar-refractivity contribution is 7.86. The Hall–Kier alpha value is -0.490. The zero-order valence-corrected chi connectivity index (χ0v) is 8.36. The summed E-state index contributed by atoms with van der Waals surface area (Å²) in [5.74, 6) is -0.714. The van der Waals surface area contributed by atoms with Gasteiger partial charge in [0.2, 0.25) is 0 Å². The van der Waals surface area contributed by atoms with Crippen LogP contribution in [0.1, 0.15) is 0 Å². The Balaban J connectivity index is 3.56. The van der Waals surface area contributed by atoms with E-state index in [1.165, 1.54) is 0 Å². The van der Waals surface area contributed by atoms with Crippen molar-refractivity contribution in [2.45, 2.75) is 4.90 Å². The first-order valence-electron chi connectivity index (χ1n) is 2.98. The van der Waals surface area contributed by atoms with Crippen molar-refractivity contribution in [3.8, 4) is 5.75 Å². The molecule has 0 bridgehead atoms. The number of aromatic hydroxyl groups is 1. The molecule has 0 radical (unpaired) electrons. The minimum absolute atomic E-state index is 0.00965. The molecule has 0 aliphatic rings. The summed E-state index contributed by atoms with van der Waals surface area (Å²) in [5.41, 5.74) is 0. The Labute approximate surface area is 84.5 Å². The maximum atomic E-state index is 10.6. The minimum Gasteiger partial charge on any atom is -0.505 e. The van der Waals surface area contributed by atoms with E-state index < -0.39 is 20.8 Å². The molecule has 0 aliphatic heterocycles. The highest BCUT2D eigenvalue weighted by atomic mass is 35.5. The molecule has 0 fully saturated rings. The molecule has 72 valence electrons. The molecular weight excluding hydrogens is 239 g/mol. The van der Waals surface area contributed by atoms with Crippen molar-refractivity contribution < 1.29 is 18.1 Å². The lowest BCUT2D eigenvalue weighted by Gasteiger charge is -2.03. The summed E-state index contributed by atoms with van der Waals surface area (Å²) < 4.78 is 29.9. The van der Waals surface area contributed by atoms with Crippen LogP contribution in [0.5, 0.6) is 5.75 Å². The normalized spacial score (nSPS) is 11.6. The summed E-state index contributed by atoms with van der Waals surface area (Å²) in [6, 6.07) is 2.06. The first-order valence-corrected chi connectivity index (χ1v) is 5.17. The van der Waals surface area contributed by atoms with Crippen LogP contribution in [0.15, 0.2) is 17.0 Å². The Morgan fingerprint density at radius 2 is 1.77 bits per heavy atom. The van der Waals surface area contributed by atoms with Gasteiger partial charge in [0.1, 0.15) is 4.90 Å². The van der Waals surface area contributed by atoms with Gasteiger partial charge < -0.3 is 5.11 Å². The lowest BCUT2D eigenvalue weighted by Crippen LogP contribution is -1.98. The molecule has 0 aromatic heterocycles. The predicted octanol–water partition coefficient (Wildman–Crippen LogP) is 1.95. The summed E-state index contributed by atoms with van der Waals surface area (Å²) in [6.45, 7) is 0. The molecule has 4 nitrogen and oxygen atoms in total. The van der Waals surface area contributed by atoms with Crippen LogP contribution < -0.4 is 0 Å². The van der Waals surface area contributed by atoms with Gasteiger partial charge in [0, 0.05) is 5.02 Å². The van der Waals surface area contributed by atoms with Crippen molar-refractivity contribution in [1.29, 1.82) is 0 Å². The molecule has 0 amide bonds. The number of benzene rings is 1. The molecule has 1 aromatic carbocycles. The fourth-order valence-corrected chi connectivity index (χ4v) is 1.98. The first kappa shape index (κ1) is 10.6. The molecule has 7 heteroatoms. The fourth-order valence-electron chi connectivity index (χ4n) is 0.739. The van der Waals surface area contributed by atoms with Crippen molar-refractivity contribution in [3.63, 3.8) is 0 Å². The second kappa shape index (κ2) is 3.34. The van der Waals surface area contributed by atoms with Crippen LogP contribution in [0.25, 0.3) is 0 Å². The van der Waals surface area contributed by atoms with E-state index in [0.717, 1.165) is 12.1 Å². The molecule has 0 saturated heterocycles. The fraction of sp³-hybridized carbons (Fsp3) is 0. The smallest absolute Gasteiger partial charge is 0.298 e. The number of halogens is 2. The number of rotatable bonds is 1. The van der Waals surface area contributed by atoms with E-state index in [2.05, 4.69) is 0 Å². The number of hydrogen-bond donors (Lipinski definition) is 2. The predicted molar refractivity (Wildman–Crippen MR) is 47.9 cm³/mol. The summed E-state index contributed by atoms with van der Waals surface area (Å²) >= 11 is 10.9. The van der Waals surface area contributed by atoms with Gasteiger partial charge in [-0.15, -0.1) is 0 Å². The average Bonchev–Trinajstić information content (AvgIpc) is 1.94. The van der Waals surface area contributed by atoms with E-state index in [-0.39, 0.29) is 10.0 Å². The van der Waals surface area contributed by atoms with Crippen molar-refractivity contribution >= 4 is 33.3 Å². The van der Waals surface area contributed by atoms with Gasteiger partial charge in [-0.25, -0.2) is 0 Å². The van der Waals surface area contributed by atoms with E-state index in [1.54, 1.807) is 0 Å². The Bertz CT molecular complexity index is 440. The van der Waals surface area contributed by atoms with Crippen LogP contribution in [0.3, 0.4) is 0 Å². The van der Waals surface area contributed by atoms with E-state index in [1.807, 2.05) is 0 Å². The molecule has 0 aliphatic carbocycles. The standard InChI is InChI=1S/C6H4Cl2O4S/c7-3-1-4(8)6(9)5(2-3)13(10,11)12/h1-2,9H,(H,10,11,12). The molecule has 0 spiro atoms. The highest BCUT2D eigenvalue weighted by Gasteiger charge is 2.18. The quantitative estimate of drug-likeness (QED) is 0.739. The summed E-state index contributed by atoms with van der Waals surface area (Å²) in [5, 5.41) is 8.90. The molecular formula is C6H4Cl2O4S. The maximum Gasteiger partial charge on any atom is 0.298 e. The van der Waals surface area contributed by atoms with E-state index in [0.29, 0.717) is 0 Å². The zero-order chi connectivity index (χ0) is 10.2. The average molecular weight is 243 g/mol. The van der Waals surface area contributed by atoms with Crippen LogP contribution in [-0.4, -0.2) is 18.1 Å². The van der Waals surface area contributed by atoms with Crippen molar-refractivity contribution in [2.75, 3.05) is 0 Å². The third kappa shape index (κ3) is 2.25. The summed E-state index contributed by atoms with van der Waals surface area (Å²) in [7, 11) is -4.50. The molecule has 1 rings (SSSR count). The van der Waals surface area contributed by atoms with E-state index in [4.69, 9.17) is 32.9 Å². The topological polar surface area (TPSA) is 74.6 Å². The van der Waals surface area contributed by atoms with Gasteiger partial charge in [-0.1, -0.05) is 23.2 Å². The second-order valence-electron chi connectivity index (χ2n) is 2.21. The second-order valence-corrected chi connectivity index (χ2v) is 4.44. The van der Waals surface area contributed by atoms with E-state index in [9.17, 15) is 8.42 Å². The number of hydrogen-bond acceptors (Lipinski definition) is 3. The monoisotopic (exact) mass is 242 g/mol. The van der Waals surface area contributed by atoms with Crippen LogP contribution in [0, 0.1) is 0 Å². The lowest BCUT2D eigenvalue weighted by molar-refractivity contribution is 0.443. The van der Waals surface area contributed by atoms with Gasteiger partial charge >= 0.3 is 0 Å². The van der Waals surface area contributed by atoms with Gasteiger partial charge in [0.05, 0.1) is 5.02 Å². The van der Waals surface area contributed by atoms with Gasteiger partial charge in [-0.05, 0) is 12.1 Å². The number of phenols is 1. The molecule has 13 heavy (non-hydrogen) atoms. The summed E-state index contributed by atoms with van der Waals surface area (Å²) in [4.78, 5) is -0.704. The van der Waals surface area contributed by atoms with Gasteiger partial charge in [0.25, 0.3) is 10.1 Å². The van der Waals surface area contributed by atoms with Crippen LogP contribution >= 0.6 is 23.2 Å². The van der Waals surface area contributed by atoms with Crippen molar-refractivity contribution in [3.05, 3.63) is 22.2 Å². The molecule has 1 aromatic rings. The SMILES string of the molecule is O=S(=O)(O)c1cc(Cl)cc(Cl)c1O. The molecule has 0 unspecified atom stereocenters. The van der Waals surface area contributed by atoms with Gasteiger partial charge in [0.15, 0.2) is 5.75 Å². The molecule has 0 saturated carbocycles. The first-order chi connectivity index (χ1) is 5.82. The molecule has 0 heterocycles. The third-order valence-corrected chi connectivity index (χ3v) is 2.64. The Kier molecular flexibility index (Phi) is 2.72. The molecule has 0 atom stereocenters. The Morgan fingerprint density at radius 3 is 2.23 bits per heavy atom. The maximum absolute atomic E-state index is 10.6. The molecule has 2 N–H and O–H groups in total. The Morgan fingerprint density at radius 1 is 1.23 bits per heavy atom. The van der Waals surface area contributed by atoms with Crippen molar-refractivity contribution in [2.24, 2.45) is 0 Å². The van der Waals surface area contributed by atoms with E-state index >= 15 is 0 Å². The van der Waals surface area contributed by atoms with Crippen LogP contribution in [0.4, 0.5) is 0 Å². The van der Waals surface area contributed by atoms with Gasteiger partial charge in [-0.3, -0.25) is 4.55 Å². The number of phenolic OH excluding ortho intramolecular Hbond substituents is 1. The highest BCUT2D eigenvalue weighted by Crippen LogP contribution is 2.33. The minimum atomic E-state index is -4.50. The van der Waals surface area contributed by atoms with Crippen LogP contribution in [0.2, 0.25) is 10.0 Å². The zero-order valence-electron chi connectivity index (χ0n) is 6.03. The third-order valence-electron chi connectivity index (χ3n) is 1.27. The largest absolute Gasteiger partial charge is 0.505 e. The summed E-state index contributed by atoms with van der Waals surface area (Å²) in [6.07, 6.45) is 0. The van der Waals surface area contributed by atoms with Gasteiger partial charge in [-0.2, -0.15) is 8.42 Å².